The quantitative estimate of drug-likeness (QED) is 0.631. The molecule has 2 amide bonds. The molecule has 1 aliphatic heterocycles. The first-order chi connectivity index (χ1) is 8.24. The third-order valence-electron chi connectivity index (χ3n) is 3.09. The van der Waals surface area contributed by atoms with Gasteiger partial charge in [-0.2, -0.15) is 0 Å². The summed E-state index contributed by atoms with van der Waals surface area (Å²) in [6.45, 7) is 2.22. The summed E-state index contributed by atoms with van der Waals surface area (Å²) in [4.78, 5) is 21.9. The lowest BCUT2D eigenvalue weighted by atomic mass is 10.1. The molecule has 0 aliphatic carbocycles. The normalized spacial score (nSPS) is 19.2. The van der Waals surface area contributed by atoms with E-state index in [1.54, 1.807) is 0 Å². The Morgan fingerprint density at radius 3 is 2.12 bits per heavy atom. The van der Waals surface area contributed by atoms with Crippen LogP contribution in [0.1, 0.15) is 64.7 Å². The van der Waals surface area contributed by atoms with Gasteiger partial charge in [0.1, 0.15) is 0 Å². The van der Waals surface area contributed by atoms with Crippen LogP contribution < -0.4 is 5.32 Å². The van der Waals surface area contributed by atoms with E-state index in [4.69, 9.17) is 4.74 Å². The molecular weight excluding hydrogens is 218 g/mol. The summed E-state index contributed by atoms with van der Waals surface area (Å²) < 4.78 is 4.83. The molecule has 4 nitrogen and oxygen atoms in total. The number of hydrogen-bond donors (Lipinski definition) is 1. The van der Waals surface area contributed by atoms with E-state index in [-0.39, 0.29) is 5.91 Å². The van der Waals surface area contributed by atoms with Crippen LogP contribution in [0.5, 0.6) is 0 Å². The molecule has 1 unspecified atom stereocenters. The lowest BCUT2D eigenvalue weighted by Crippen LogP contribution is -2.24. The molecule has 98 valence electrons. The first-order valence-corrected chi connectivity index (χ1v) is 6.75. The van der Waals surface area contributed by atoms with E-state index >= 15 is 0 Å². The molecule has 1 rings (SSSR count). The second-order valence-corrected chi connectivity index (χ2v) is 4.65. The van der Waals surface area contributed by atoms with E-state index < -0.39 is 12.2 Å². The van der Waals surface area contributed by atoms with Gasteiger partial charge in [-0.05, 0) is 12.8 Å². The Kier molecular flexibility index (Phi) is 6.67. The molecule has 0 saturated carbocycles. The zero-order valence-corrected chi connectivity index (χ0v) is 10.7. The second kappa shape index (κ2) is 8.09. The van der Waals surface area contributed by atoms with Gasteiger partial charge in [0.05, 0.1) is 0 Å². The highest BCUT2D eigenvalue weighted by molar-refractivity contribution is 5.99. The van der Waals surface area contributed by atoms with Crippen molar-refractivity contribution in [1.82, 2.24) is 5.32 Å². The van der Waals surface area contributed by atoms with Gasteiger partial charge in [0.2, 0.25) is 0 Å². The van der Waals surface area contributed by atoms with Crippen molar-refractivity contribution in [3.63, 3.8) is 0 Å². The van der Waals surface area contributed by atoms with Crippen molar-refractivity contribution in [2.75, 3.05) is 0 Å². The molecule has 0 radical (unpaired) electrons. The van der Waals surface area contributed by atoms with Crippen molar-refractivity contribution in [2.45, 2.75) is 70.8 Å². The van der Waals surface area contributed by atoms with Gasteiger partial charge in [-0.15, -0.1) is 0 Å². The van der Waals surface area contributed by atoms with Crippen LogP contribution in [0, 0.1) is 0 Å². The van der Waals surface area contributed by atoms with E-state index in [1.807, 2.05) is 0 Å². The third kappa shape index (κ3) is 5.71. The number of cyclic esters (lactones) is 1. The molecule has 4 heteroatoms. The number of rotatable bonds is 9. The van der Waals surface area contributed by atoms with Crippen molar-refractivity contribution in [1.29, 1.82) is 0 Å². The van der Waals surface area contributed by atoms with Crippen molar-refractivity contribution in [2.24, 2.45) is 0 Å². The molecule has 1 heterocycles. The Bertz CT molecular complexity index is 253. The number of carbonyl (C=O) groups excluding carboxylic acids is 2. The molecule has 0 bridgehead atoms. The number of hydrogen-bond acceptors (Lipinski definition) is 3. The minimum absolute atomic E-state index is 0.280. The number of nitrogens with one attached hydrogen (secondary N) is 1. The molecule has 0 aromatic heterocycles. The van der Waals surface area contributed by atoms with Crippen molar-refractivity contribution in [3.05, 3.63) is 0 Å². The van der Waals surface area contributed by atoms with Crippen LogP contribution in [-0.2, 0) is 9.53 Å². The van der Waals surface area contributed by atoms with E-state index in [1.165, 1.54) is 38.5 Å². The summed E-state index contributed by atoms with van der Waals surface area (Å²) >= 11 is 0. The monoisotopic (exact) mass is 241 g/mol. The predicted octanol–water partition coefficient (Wildman–Crippen LogP) is 3.15. The number of unbranched alkanes of at least 4 members (excludes halogenated alkanes) is 7. The molecule has 0 spiro atoms. The van der Waals surface area contributed by atoms with Gasteiger partial charge in [-0.25, -0.2) is 4.79 Å². The van der Waals surface area contributed by atoms with Crippen LogP contribution in [0.25, 0.3) is 0 Å². The highest BCUT2D eigenvalue weighted by Crippen LogP contribution is 2.14. The fourth-order valence-electron chi connectivity index (χ4n) is 2.05. The largest absolute Gasteiger partial charge is 0.436 e. The number of alkyl carbamates (subject to hydrolysis) is 1. The van der Waals surface area contributed by atoms with E-state index in [2.05, 4.69) is 12.2 Å². The molecule has 1 saturated heterocycles. The van der Waals surface area contributed by atoms with Gasteiger partial charge in [0, 0.05) is 0 Å². The van der Waals surface area contributed by atoms with Gasteiger partial charge in [0.25, 0.3) is 5.91 Å². The SMILES string of the molecule is CCCCCCCCCCC1OC(=O)NC1=O. The van der Waals surface area contributed by atoms with Gasteiger partial charge < -0.3 is 4.74 Å². The molecule has 1 atom stereocenters. The number of amides is 2. The van der Waals surface area contributed by atoms with Crippen molar-refractivity contribution < 1.29 is 14.3 Å². The van der Waals surface area contributed by atoms with Crippen LogP contribution in [-0.4, -0.2) is 18.1 Å². The van der Waals surface area contributed by atoms with Crippen molar-refractivity contribution in [3.8, 4) is 0 Å². The third-order valence-corrected chi connectivity index (χ3v) is 3.09. The van der Waals surface area contributed by atoms with Crippen LogP contribution >= 0.6 is 0 Å². The number of ether oxygens (including phenoxy) is 1. The highest BCUT2D eigenvalue weighted by atomic mass is 16.6. The van der Waals surface area contributed by atoms with Gasteiger partial charge >= 0.3 is 6.09 Å². The topological polar surface area (TPSA) is 55.4 Å². The van der Waals surface area contributed by atoms with Gasteiger partial charge in [-0.3, -0.25) is 10.1 Å². The molecule has 0 aromatic rings. The second-order valence-electron chi connectivity index (χ2n) is 4.65. The molecule has 1 fully saturated rings. The fourth-order valence-corrected chi connectivity index (χ4v) is 2.05. The van der Waals surface area contributed by atoms with Gasteiger partial charge in [-0.1, -0.05) is 51.9 Å². The van der Waals surface area contributed by atoms with Crippen LogP contribution in [0.2, 0.25) is 0 Å². The molecule has 0 aromatic carbocycles. The summed E-state index contributed by atoms with van der Waals surface area (Å²) in [5, 5.41) is 2.14. The number of carbonyl (C=O) groups is 2. The Labute approximate surface area is 103 Å². The van der Waals surface area contributed by atoms with E-state index in [0.717, 1.165) is 12.8 Å². The highest BCUT2D eigenvalue weighted by Gasteiger charge is 2.31. The lowest BCUT2D eigenvalue weighted by Gasteiger charge is -2.05. The van der Waals surface area contributed by atoms with Crippen LogP contribution in [0.15, 0.2) is 0 Å². The molecule has 1 aliphatic rings. The molecular formula is C13H23NO3. The zero-order valence-electron chi connectivity index (χ0n) is 10.7. The first-order valence-electron chi connectivity index (χ1n) is 6.75. The maximum Gasteiger partial charge on any atom is 0.414 e. The predicted molar refractivity (Wildman–Crippen MR) is 65.6 cm³/mol. The minimum Gasteiger partial charge on any atom is -0.436 e. The Balaban J connectivity index is 1.91. The average molecular weight is 241 g/mol. The smallest absolute Gasteiger partial charge is 0.414 e. The average Bonchev–Trinajstić information content (AvgIpc) is 2.61. The first kappa shape index (κ1) is 14.0. The minimum atomic E-state index is -0.598. The van der Waals surface area contributed by atoms with Crippen LogP contribution in [0.3, 0.4) is 0 Å². The molecule has 17 heavy (non-hydrogen) atoms. The summed E-state index contributed by atoms with van der Waals surface area (Å²) in [5.74, 6) is -0.280. The van der Waals surface area contributed by atoms with Gasteiger partial charge in [0.15, 0.2) is 6.10 Å². The summed E-state index contributed by atoms with van der Waals surface area (Å²) in [6.07, 6.45) is 9.34. The zero-order chi connectivity index (χ0) is 12.5. The Hall–Kier alpha value is -1.06. The Morgan fingerprint density at radius 1 is 1.00 bits per heavy atom. The fraction of sp³-hybridized carbons (Fsp3) is 0.846. The number of imide groups is 1. The maximum atomic E-state index is 11.2. The lowest BCUT2D eigenvalue weighted by molar-refractivity contribution is -0.123. The van der Waals surface area contributed by atoms with Crippen LogP contribution in [0.4, 0.5) is 4.79 Å². The summed E-state index contributed by atoms with van der Waals surface area (Å²) in [6, 6.07) is 0. The van der Waals surface area contributed by atoms with E-state index in [9.17, 15) is 9.59 Å². The standard InChI is InChI=1S/C13H23NO3/c1-2-3-4-5-6-7-8-9-10-11-12(15)14-13(16)17-11/h11H,2-10H2,1H3,(H,14,15,16). The Morgan fingerprint density at radius 2 is 1.59 bits per heavy atom. The van der Waals surface area contributed by atoms with Crippen molar-refractivity contribution >= 4 is 12.0 Å². The summed E-state index contributed by atoms with van der Waals surface area (Å²) in [5.41, 5.74) is 0. The molecule has 1 N–H and O–H groups in total. The maximum absolute atomic E-state index is 11.2. The van der Waals surface area contributed by atoms with E-state index in [0.29, 0.717) is 6.42 Å². The summed E-state index contributed by atoms with van der Waals surface area (Å²) in [7, 11) is 0.